The molecule has 5 heteroatoms. The molecule has 0 aliphatic carbocycles. The van der Waals surface area contributed by atoms with E-state index in [1.165, 1.54) is 5.56 Å². The van der Waals surface area contributed by atoms with Crippen LogP contribution in [0.2, 0.25) is 5.02 Å². The number of hydrogen-bond donors (Lipinski definition) is 1. The van der Waals surface area contributed by atoms with Crippen LogP contribution in [0.1, 0.15) is 50.2 Å². The zero-order chi connectivity index (χ0) is 15.4. The summed E-state index contributed by atoms with van der Waals surface area (Å²) >= 11 is 6.42. The molecule has 0 radical (unpaired) electrons. The maximum atomic E-state index is 6.42. The van der Waals surface area contributed by atoms with E-state index < -0.39 is 0 Å². The fourth-order valence-corrected chi connectivity index (χ4v) is 3.03. The molecule has 116 valence electrons. The van der Waals surface area contributed by atoms with Gasteiger partial charge in [-0.05, 0) is 31.0 Å². The van der Waals surface area contributed by atoms with Crippen LogP contribution in [0.15, 0.2) is 18.5 Å². The fourth-order valence-electron chi connectivity index (χ4n) is 2.67. The molecule has 0 amide bonds. The van der Waals surface area contributed by atoms with Gasteiger partial charge in [0.15, 0.2) is 0 Å². The lowest BCUT2D eigenvalue weighted by atomic mass is 10.1. The van der Waals surface area contributed by atoms with Crippen LogP contribution in [0.3, 0.4) is 0 Å². The highest BCUT2D eigenvalue weighted by Crippen LogP contribution is 2.23. The van der Waals surface area contributed by atoms with Gasteiger partial charge in [-0.1, -0.05) is 32.4 Å². The van der Waals surface area contributed by atoms with Gasteiger partial charge in [-0.25, -0.2) is 0 Å². The largest absolute Gasteiger partial charge is 0.348 e. The molecule has 4 nitrogen and oxygen atoms in total. The Morgan fingerprint density at radius 1 is 1.33 bits per heavy atom. The van der Waals surface area contributed by atoms with Crippen LogP contribution in [0, 0.1) is 0 Å². The van der Waals surface area contributed by atoms with E-state index in [-0.39, 0.29) is 0 Å². The molecule has 21 heavy (non-hydrogen) atoms. The molecular formula is C16H25ClN4. The third-order valence-electron chi connectivity index (χ3n) is 3.87. The number of aromatic nitrogens is 3. The van der Waals surface area contributed by atoms with Crippen molar-refractivity contribution in [3.05, 3.63) is 40.4 Å². The average Bonchev–Trinajstić information content (AvgIpc) is 3.04. The number of hydrogen-bond acceptors (Lipinski definition) is 2. The zero-order valence-corrected chi connectivity index (χ0v) is 14.1. The molecule has 1 N–H and O–H groups in total. The summed E-state index contributed by atoms with van der Waals surface area (Å²) in [6.45, 7) is 8.16. The molecule has 0 saturated carbocycles. The normalized spacial score (nSPS) is 12.8. The highest BCUT2D eigenvalue weighted by molar-refractivity contribution is 6.31. The van der Waals surface area contributed by atoms with Crippen LogP contribution in [0.25, 0.3) is 0 Å². The van der Waals surface area contributed by atoms with Crippen LogP contribution in [-0.2, 0) is 20.0 Å². The number of aryl methyl sites for hydroxylation is 2. The van der Waals surface area contributed by atoms with Crippen molar-refractivity contribution in [1.82, 2.24) is 19.7 Å². The first kappa shape index (κ1) is 16.1. The maximum Gasteiger partial charge on any atom is 0.0868 e. The van der Waals surface area contributed by atoms with Crippen molar-refractivity contribution in [2.45, 2.75) is 46.2 Å². The van der Waals surface area contributed by atoms with Crippen molar-refractivity contribution in [1.29, 1.82) is 0 Å². The minimum Gasteiger partial charge on any atom is -0.348 e. The van der Waals surface area contributed by atoms with Crippen LogP contribution in [0.5, 0.6) is 0 Å². The van der Waals surface area contributed by atoms with Gasteiger partial charge >= 0.3 is 0 Å². The molecule has 0 saturated heterocycles. The molecule has 2 rings (SSSR count). The summed E-state index contributed by atoms with van der Waals surface area (Å²) in [5.41, 5.74) is 3.36. The SMILES string of the molecule is CCNC(CC)c1ccn(Cc2c(Cl)c(CC)nn2C)c1. The van der Waals surface area contributed by atoms with Gasteiger partial charge in [0.05, 0.1) is 23.0 Å². The summed E-state index contributed by atoms with van der Waals surface area (Å²) in [5.74, 6) is 0. The van der Waals surface area contributed by atoms with Gasteiger partial charge in [0.2, 0.25) is 0 Å². The van der Waals surface area contributed by atoms with E-state index in [1.807, 2.05) is 11.7 Å². The molecule has 0 spiro atoms. The Hall–Kier alpha value is -1.26. The van der Waals surface area contributed by atoms with Crippen molar-refractivity contribution in [3.63, 3.8) is 0 Å². The summed E-state index contributed by atoms with van der Waals surface area (Å²) in [6, 6.07) is 2.60. The second-order valence-electron chi connectivity index (χ2n) is 5.32. The quantitative estimate of drug-likeness (QED) is 0.849. The molecule has 2 aromatic rings. The van der Waals surface area contributed by atoms with E-state index in [0.29, 0.717) is 6.04 Å². The third-order valence-corrected chi connectivity index (χ3v) is 4.31. The lowest BCUT2D eigenvalue weighted by molar-refractivity contribution is 0.536. The zero-order valence-electron chi connectivity index (χ0n) is 13.4. The second kappa shape index (κ2) is 7.14. The van der Waals surface area contributed by atoms with E-state index >= 15 is 0 Å². The number of halogens is 1. The summed E-state index contributed by atoms with van der Waals surface area (Å²) in [4.78, 5) is 0. The van der Waals surface area contributed by atoms with Crippen LogP contribution < -0.4 is 5.32 Å². The van der Waals surface area contributed by atoms with Crippen LogP contribution in [-0.4, -0.2) is 20.9 Å². The van der Waals surface area contributed by atoms with Gasteiger partial charge in [0, 0.05) is 25.5 Å². The van der Waals surface area contributed by atoms with Gasteiger partial charge in [-0.3, -0.25) is 4.68 Å². The Morgan fingerprint density at radius 3 is 2.67 bits per heavy atom. The van der Waals surface area contributed by atoms with Crippen LogP contribution in [0.4, 0.5) is 0 Å². The van der Waals surface area contributed by atoms with Crippen molar-refractivity contribution >= 4 is 11.6 Å². The lowest BCUT2D eigenvalue weighted by Crippen LogP contribution is -2.19. The minimum absolute atomic E-state index is 0.421. The van der Waals surface area contributed by atoms with E-state index in [2.05, 4.69) is 54.2 Å². The monoisotopic (exact) mass is 308 g/mol. The van der Waals surface area contributed by atoms with Gasteiger partial charge in [-0.2, -0.15) is 5.10 Å². The topological polar surface area (TPSA) is 34.8 Å². The third kappa shape index (κ3) is 3.50. The summed E-state index contributed by atoms with van der Waals surface area (Å²) in [7, 11) is 1.96. The van der Waals surface area contributed by atoms with Gasteiger partial charge in [0.1, 0.15) is 0 Å². The first-order chi connectivity index (χ1) is 10.1. The van der Waals surface area contributed by atoms with Crippen molar-refractivity contribution in [3.8, 4) is 0 Å². The van der Waals surface area contributed by atoms with Crippen molar-refractivity contribution in [2.24, 2.45) is 7.05 Å². The Bertz CT molecular complexity index is 585. The molecule has 1 unspecified atom stereocenters. The lowest BCUT2D eigenvalue weighted by Gasteiger charge is -2.14. The highest BCUT2D eigenvalue weighted by Gasteiger charge is 2.14. The fraction of sp³-hybridized carbons (Fsp3) is 0.562. The predicted molar refractivity (Wildman–Crippen MR) is 87.8 cm³/mol. The number of rotatable bonds is 7. The summed E-state index contributed by atoms with van der Waals surface area (Å²) in [5, 5.41) is 8.78. The van der Waals surface area contributed by atoms with E-state index in [1.54, 1.807) is 0 Å². The molecule has 0 aliphatic rings. The van der Waals surface area contributed by atoms with E-state index in [4.69, 9.17) is 11.6 Å². The molecule has 1 atom stereocenters. The average molecular weight is 309 g/mol. The molecule has 0 fully saturated rings. The number of nitrogens with zero attached hydrogens (tertiary/aromatic N) is 3. The maximum absolute atomic E-state index is 6.42. The van der Waals surface area contributed by atoms with Crippen LogP contribution >= 0.6 is 11.6 Å². The predicted octanol–water partition coefficient (Wildman–Crippen LogP) is 3.55. The van der Waals surface area contributed by atoms with Gasteiger partial charge in [-0.15, -0.1) is 0 Å². The first-order valence-corrected chi connectivity index (χ1v) is 8.07. The Labute approximate surface area is 132 Å². The minimum atomic E-state index is 0.421. The molecule has 2 aromatic heterocycles. The van der Waals surface area contributed by atoms with Crippen molar-refractivity contribution in [2.75, 3.05) is 6.54 Å². The first-order valence-electron chi connectivity index (χ1n) is 7.69. The van der Waals surface area contributed by atoms with Gasteiger partial charge in [0.25, 0.3) is 0 Å². The summed E-state index contributed by atoms with van der Waals surface area (Å²) < 4.78 is 4.07. The molecule has 0 aromatic carbocycles. The molecular weight excluding hydrogens is 284 g/mol. The smallest absolute Gasteiger partial charge is 0.0868 e. The molecule has 0 aliphatic heterocycles. The Kier molecular flexibility index (Phi) is 5.48. The Balaban J connectivity index is 2.18. The van der Waals surface area contributed by atoms with Gasteiger partial charge < -0.3 is 9.88 Å². The summed E-state index contributed by atoms with van der Waals surface area (Å²) in [6.07, 6.45) is 6.27. The van der Waals surface area contributed by atoms with E-state index in [9.17, 15) is 0 Å². The second-order valence-corrected chi connectivity index (χ2v) is 5.70. The van der Waals surface area contributed by atoms with E-state index in [0.717, 1.165) is 42.3 Å². The number of nitrogens with one attached hydrogen (secondary N) is 1. The molecule has 0 bridgehead atoms. The molecule has 2 heterocycles. The van der Waals surface area contributed by atoms with Crippen molar-refractivity contribution < 1.29 is 0 Å². The highest BCUT2D eigenvalue weighted by atomic mass is 35.5. The standard InChI is InChI=1S/C16H25ClN4/c1-5-13(18-7-3)12-8-9-21(10-12)11-15-16(17)14(6-2)19-20(15)4/h8-10,13,18H,5-7,11H2,1-4H3. The Morgan fingerprint density at radius 2 is 2.10 bits per heavy atom.